The van der Waals surface area contributed by atoms with E-state index in [1.165, 1.54) is 0 Å². The van der Waals surface area contributed by atoms with E-state index in [0.717, 1.165) is 0 Å². The van der Waals surface area contributed by atoms with E-state index in [0.29, 0.717) is 33.1 Å². The Hall–Kier alpha value is -5.15. The van der Waals surface area contributed by atoms with Crippen molar-refractivity contribution in [3.63, 3.8) is 0 Å². The van der Waals surface area contributed by atoms with Gasteiger partial charge in [0.15, 0.2) is 0 Å². The van der Waals surface area contributed by atoms with Crippen molar-refractivity contribution < 1.29 is 33.4 Å². The van der Waals surface area contributed by atoms with E-state index in [9.17, 15) is 19.2 Å². The first kappa shape index (κ1) is 34.7. The molecule has 1 amide bonds. The van der Waals surface area contributed by atoms with Gasteiger partial charge in [-0.15, -0.1) is 0 Å². The number of hydrogen-bond donors (Lipinski definition) is 0. The van der Waals surface area contributed by atoms with E-state index in [2.05, 4.69) is 0 Å². The average molecular weight is 695 g/mol. The number of carbonyl (C=O) groups excluding carboxylic acids is 4. The molecule has 2 aliphatic rings. The molecule has 0 aromatic heterocycles. The lowest BCUT2D eigenvalue weighted by Gasteiger charge is -2.44. The van der Waals surface area contributed by atoms with Gasteiger partial charge >= 0.3 is 17.9 Å². The van der Waals surface area contributed by atoms with Gasteiger partial charge in [-0.25, -0.2) is 4.79 Å². The highest BCUT2D eigenvalue weighted by atomic mass is 35.5. The molecule has 5 atom stereocenters. The fourth-order valence-electron chi connectivity index (χ4n) is 7.73. The summed E-state index contributed by atoms with van der Waals surface area (Å²) < 4.78 is 17.1. The molecule has 1 fully saturated rings. The SMILES string of the molecule is CCOC(=O)[C@H]1[C@@H](C(=O)OCC)N2c3ccccc3N(C(=O)c3ccccc3)[C@@H](c3cccc(Cl)c3)C[C@@]2(c2ccccc2)[C@@H]1C(=O)OCC. The van der Waals surface area contributed by atoms with Crippen molar-refractivity contribution in [2.24, 2.45) is 11.8 Å². The molecule has 9 nitrogen and oxygen atoms in total. The minimum atomic E-state index is -1.45. The summed E-state index contributed by atoms with van der Waals surface area (Å²) in [6.45, 7) is 5.15. The van der Waals surface area contributed by atoms with Crippen LogP contribution in [0.25, 0.3) is 0 Å². The van der Waals surface area contributed by atoms with Crippen LogP contribution in [0, 0.1) is 11.8 Å². The highest BCUT2D eigenvalue weighted by Gasteiger charge is 2.69. The molecule has 4 aromatic rings. The lowest BCUT2D eigenvalue weighted by molar-refractivity contribution is -0.163. The van der Waals surface area contributed by atoms with Gasteiger partial charge in [-0.1, -0.05) is 84.4 Å². The molecule has 0 radical (unpaired) electrons. The van der Waals surface area contributed by atoms with Crippen LogP contribution in [0.4, 0.5) is 11.4 Å². The monoisotopic (exact) mass is 694 g/mol. The Morgan fingerprint density at radius 2 is 1.28 bits per heavy atom. The Balaban J connectivity index is 1.77. The van der Waals surface area contributed by atoms with Gasteiger partial charge in [0.1, 0.15) is 17.9 Å². The number of carbonyl (C=O) groups is 4. The Morgan fingerprint density at radius 3 is 1.92 bits per heavy atom. The van der Waals surface area contributed by atoms with Crippen LogP contribution in [-0.4, -0.2) is 49.7 Å². The van der Waals surface area contributed by atoms with Crippen LogP contribution < -0.4 is 9.80 Å². The summed E-state index contributed by atoms with van der Waals surface area (Å²) in [5.41, 5.74) is 1.28. The number of anilines is 2. The number of para-hydroxylation sites is 2. The van der Waals surface area contributed by atoms with E-state index in [-0.39, 0.29) is 32.1 Å². The lowest BCUT2D eigenvalue weighted by atomic mass is 9.70. The van der Waals surface area contributed by atoms with E-state index in [1.807, 2.05) is 65.6 Å². The minimum absolute atomic E-state index is 0.0276. The number of rotatable bonds is 9. The molecule has 0 saturated carbocycles. The van der Waals surface area contributed by atoms with Gasteiger partial charge in [-0.2, -0.15) is 0 Å². The van der Waals surface area contributed by atoms with Crippen LogP contribution >= 0.6 is 11.6 Å². The zero-order valence-electron chi connectivity index (χ0n) is 28.2. The van der Waals surface area contributed by atoms with Crippen molar-refractivity contribution in [1.82, 2.24) is 0 Å². The third-order valence-corrected chi connectivity index (χ3v) is 9.75. The molecular formula is C40H39ClN2O7. The van der Waals surface area contributed by atoms with Crippen molar-refractivity contribution in [2.45, 2.75) is 44.8 Å². The molecule has 0 N–H and O–H groups in total. The fraction of sp³-hybridized carbons (Fsp3) is 0.300. The number of esters is 3. The minimum Gasteiger partial charge on any atom is -0.466 e. The molecule has 50 heavy (non-hydrogen) atoms. The van der Waals surface area contributed by atoms with Crippen LogP contribution in [0.2, 0.25) is 5.02 Å². The van der Waals surface area contributed by atoms with E-state index < -0.39 is 47.4 Å². The summed E-state index contributed by atoms with van der Waals surface area (Å²) >= 11 is 6.62. The Bertz CT molecular complexity index is 1870. The number of hydrogen-bond acceptors (Lipinski definition) is 8. The van der Waals surface area contributed by atoms with Gasteiger partial charge in [-0.3, -0.25) is 19.3 Å². The number of halogens is 1. The summed E-state index contributed by atoms with van der Waals surface area (Å²) in [5, 5.41) is 0.458. The van der Waals surface area contributed by atoms with Crippen LogP contribution in [0.15, 0.2) is 109 Å². The zero-order chi connectivity index (χ0) is 35.4. The van der Waals surface area contributed by atoms with Crippen molar-refractivity contribution >= 4 is 46.8 Å². The molecule has 4 aromatic carbocycles. The molecular weight excluding hydrogens is 656 g/mol. The number of nitrogens with zero attached hydrogens (tertiary/aromatic N) is 2. The topological polar surface area (TPSA) is 102 Å². The van der Waals surface area contributed by atoms with Gasteiger partial charge < -0.3 is 19.1 Å². The Labute approximate surface area is 296 Å². The third kappa shape index (κ3) is 6.00. The second kappa shape index (κ2) is 14.8. The molecule has 258 valence electrons. The van der Waals surface area contributed by atoms with Gasteiger partial charge in [0.25, 0.3) is 5.91 Å². The molecule has 10 heteroatoms. The van der Waals surface area contributed by atoms with Crippen LogP contribution in [0.5, 0.6) is 0 Å². The highest BCUT2D eigenvalue weighted by Crippen LogP contribution is 2.61. The smallest absolute Gasteiger partial charge is 0.329 e. The number of benzene rings is 4. The molecule has 0 aliphatic carbocycles. The normalized spacial score (nSPS) is 22.5. The summed E-state index contributed by atoms with van der Waals surface area (Å²) in [5.74, 6) is -4.97. The van der Waals surface area contributed by atoms with Crippen LogP contribution in [0.3, 0.4) is 0 Å². The first-order chi connectivity index (χ1) is 24.3. The van der Waals surface area contributed by atoms with Gasteiger partial charge in [0.2, 0.25) is 0 Å². The molecule has 0 bridgehead atoms. The number of ether oxygens (including phenoxy) is 3. The average Bonchev–Trinajstić information content (AvgIpc) is 3.37. The third-order valence-electron chi connectivity index (χ3n) is 9.51. The highest BCUT2D eigenvalue weighted by molar-refractivity contribution is 6.30. The Morgan fingerprint density at radius 1 is 0.700 bits per heavy atom. The van der Waals surface area contributed by atoms with Crippen molar-refractivity contribution in [3.8, 4) is 0 Å². The van der Waals surface area contributed by atoms with Crippen molar-refractivity contribution in [3.05, 3.63) is 131 Å². The second-order valence-electron chi connectivity index (χ2n) is 12.2. The van der Waals surface area contributed by atoms with Gasteiger partial charge in [0.05, 0.1) is 42.8 Å². The van der Waals surface area contributed by atoms with Crippen LogP contribution in [0.1, 0.15) is 54.7 Å². The van der Waals surface area contributed by atoms with E-state index in [4.69, 9.17) is 25.8 Å². The standard InChI is InChI=1S/C40H39ClN2O7/c1-4-48-37(45)33-34(38(46)49-5-2)40(28-19-11-8-12-20-28)25-32(27-18-15-21-29(41)24-27)42(36(44)26-16-9-7-10-17-26)30-22-13-14-23-31(30)43(40)35(33)39(47)50-6-3/h7-24,32-35H,4-6,25H2,1-3H3/t32-,33-,34+,35+,40-/m1/s1. The van der Waals surface area contributed by atoms with Gasteiger partial charge in [0, 0.05) is 17.0 Å². The number of amides is 1. The van der Waals surface area contributed by atoms with Crippen molar-refractivity contribution in [1.29, 1.82) is 0 Å². The quantitative estimate of drug-likeness (QED) is 0.135. The van der Waals surface area contributed by atoms with Crippen molar-refractivity contribution in [2.75, 3.05) is 29.6 Å². The summed E-state index contributed by atoms with van der Waals surface area (Å²) in [7, 11) is 0. The van der Waals surface area contributed by atoms with Gasteiger partial charge in [-0.05, 0) is 68.3 Å². The van der Waals surface area contributed by atoms with Crippen LogP contribution in [-0.2, 0) is 34.1 Å². The molecule has 6 rings (SSSR count). The largest absolute Gasteiger partial charge is 0.466 e. The maximum absolute atomic E-state index is 14.9. The second-order valence-corrected chi connectivity index (χ2v) is 12.6. The zero-order valence-corrected chi connectivity index (χ0v) is 28.9. The molecule has 2 heterocycles. The molecule has 2 aliphatic heterocycles. The summed E-state index contributed by atoms with van der Waals surface area (Å²) in [6, 6.07) is 30.6. The predicted molar refractivity (Wildman–Crippen MR) is 190 cm³/mol. The Kier molecular flexibility index (Phi) is 10.2. The maximum atomic E-state index is 14.9. The first-order valence-corrected chi connectivity index (χ1v) is 17.2. The first-order valence-electron chi connectivity index (χ1n) is 16.9. The predicted octanol–water partition coefficient (Wildman–Crippen LogP) is 7.14. The van der Waals surface area contributed by atoms with E-state index in [1.54, 1.807) is 74.2 Å². The molecule has 0 spiro atoms. The summed E-state index contributed by atoms with van der Waals surface area (Å²) in [6.07, 6.45) is 0.0555. The lowest BCUT2D eigenvalue weighted by Crippen LogP contribution is -2.52. The van der Waals surface area contributed by atoms with E-state index >= 15 is 0 Å². The molecule has 0 unspecified atom stereocenters. The summed E-state index contributed by atoms with van der Waals surface area (Å²) in [4.78, 5) is 61.5. The number of fused-ring (bicyclic) bond motifs is 3. The fourth-order valence-corrected chi connectivity index (χ4v) is 7.92. The molecule has 1 saturated heterocycles. The maximum Gasteiger partial charge on any atom is 0.329 e.